The topological polar surface area (TPSA) is 94.0 Å². The molecule has 30 heavy (non-hydrogen) atoms. The van der Waals surface area contributed by atoms with Crippen LogP contribution in [0.3, 0.4) is 0 Å². The van der Waals surface area contributed by atoms with Crippen molar-refractivity contribution in [1.82, 2.24) is 10.9 Å². The third kappa shape index (κ3) is 4.12. The highest BCUT2D eigenvalue weighted by Crippen LogP contribution is 2.32. The third-order valence-corrected chi connectivity index (χ3v) is 4.34. The second-order valence-corrected chi connectivity index (χ2v) is 6.44. The molecule has 3 N–H and O–H groups in total. The van der Waals surface area contributed by atoms with Crippen LogP contribution < -0.4 is 15.9 Å². The van der Waals surface area contributed by atoms with Crippen LogP contribution in [0, 0.1) is 0 Å². The molecule has 0 saturated heterocycles. The van der Waals surface area contributed by atoms with Gasteiger partial charge in [0.05, 0.1) is 28.1 Å². The highest BCUT2D eigenvalue weighted by molar-refractivity contribution is 6.30. The second-order valence-electron chi connectivity index (χ2n) is 6.44. The molecule has 0 fully saturated rings. The number of phenolic OH excluding ortho intramolecular Hbond substituents is 1. The molecule has 0 aromatic heterocycles. The molecule has 156 valence electrons. The van der Waals surface area contributed by atoms with Gasteiger partial charge in [-0.15, -0.1) is 0 Å². The average Bonchev–Trinajstić information content (AvgIpc) is 3.00. The van der Waals surface area contributed by atoms with Crippen LogP contribution in [-0.2, 0) is 11.0 Å². The molecule has 1 heterocycles. The Balaban J connectivity index is 1.76. The normalized spacial score (nSPS) is 15.7. The molecular formula is C20H17F3N4O3. The van der Waals surface area contributed by atoms with E-state index >= 15 is 0 Å². The van der Waals surface area contributed by atoms with E-state index in [-0.39, 0.29) is 28.3 Å². The first-order valence-electron chi connectivity index (χ1n) is 8.72. The number of hydrogen-bond donors (Lipinski definition) is 3. The number of anilines is 1. The van der Waals surface area contributed by atoms with Crippen LogP contribution in [0.5, 0.6) is 5.75 Å². The summed E-state index contributed by atoms with van der Waals surface area (Å²) in [4.78, 5) is 24.9. The van der Waals surface area contributed by atoms with Gasteiger partial charge in [0.2, 0.25) is 0 Å². The van der Waals surface area contributed by atoms with Crippen molar-refractivity contribution in [3.8, 4) is 5.75 Å². The number of hydrogen-bond acceptors (Lipinski definition) is 5. The molecule has 0 aliphatic carbocycles. The minimum atomic E-state index is -4.48. The number of halogens is 3. The van der Waals surface area contributed by atoms with Gasteiger partial charge in [-0.25, -0.2) is 0 Å². The number of aromatic hydroxyl groups is 1. The van der Waals surface area contributed by atoms with Gasteiger partial charge in [0, 0.05) is 5.70 Å². The molecule has 3 rings (SSSR count). The maximum Gasteiger partial charge on any atom is 0.416 e. The Morgan fingerprint density at radius 1 is 1.07 bits per heavy atom. The van der Waals surface area contributed by atoms with Crippen LogP contribution in [0.4, 0.5) is 18.9 Å². The van der Waals surface area contributed by atoms with E-state index in [0.29, 0.717) is 5.71 Å². The number of hydrazine groups is 1. The molecule has 0 atom stereocenters. The van der Waals surface area contributed by atoms with E-state index in [4.69, 9.17) is 0 Å². The van der Waals surface area contributed by atoms with Gasteiger partial charge >= 0.3 is 6.18 Å². The summed E-state index contributed by atoms with van der Waals surface area (Å²) in [5.74, 6) is -1.38. The fourth-order valence-corrected chi connectivity index (χ4v) is 2.85. The number of nitrogens with zero attached hydrogens (tertiary/aromatic N) is 2. The minimum absolute atomic E-state index is 0.0392. The van der Waals surface area contributed by atoms with Gasteiger partial charge in [0.25, 0.3) is 11.8 Å². The average molecular weight is 418 g/mol. The van der Waals surface area contributed by atoms with Crippen LogP contribution >= 0.6 is 0 Å². The van der Waals surface area contributed by atoms with Gasteiger partial charge in [0.15, 0.2) is 0 Å². The summed E-state index contributed by atoms with van der Waals surface area (Å²) >= 11 is 0. The maximum atomic E-state index is 12.7. The number of benzene rings is 2. The lowest BCUT2D eigenvalue weighted by Gasteiger charge is -2.15. The number of carbonyl (C=O) groups is 2. The summed E-state index contributed by atoms with van der Waals surface area (Å²) in [6.07, 6.45) is -4.48. The van der Waals surface area contributed by atoms with Crippen molar-refractivity contribution in [2.45, 2.75) is 20.0 Å². The number of para-hydroxylation sites is 1. The number of allylic oxidation sites excluding steroid dienone is 1. The maximum absolute atomic E-state index is 12.7. The lowest BCUT2D eigenvalue weighted by molar-refractivity contribution is -0.137. The van der Waals surface area contributed by atoms with Crippen LogP contribution in [-0.4, -0.2) is 22.6 Å². The Morgan fingerprint density at radius 3 is 2.30 bits per heavy atom. The number of rotatable bonds is 4. The van der Waals surface area contributed by atoms with Crippen molar-refractivity contribution >= 4 is 23.2 Å². The first kappa shape index (κ1) is 20.9. The largest absolute Gasteiger partial charge is 0.507 e. The molecule has 0 radical (unpaired) electrons. The van der Waals surface area contributed by atoms with Crippen molar-refractivity contribution in [1.29, 1.82) is 0 Å². The zero-order valence-electron chi connectivity index (χ0n) is 15.9. The first-order valence-corrected chi connectivity index (χ1v) is 8.72. The first-order chi connectivity index (χ1) is 14.1. The predicted octanol–water partition coefficient (Wildman–Crippen LogP) is 3.34. The van der Waals surface area contributed by atoms with E-state index < -0.39 is 23.6 Å². The molecule has 0 spiro atoms. The zero-order chi connectivity index (χ0) is 22.1. The van der Waals surface area contributed by atoms with E-state index in [0.717, 1.165) is 29.3 Å². The highest BCUT2D eigenvalue weighted by Gasteiger charge is 2.33. The molecule has 2 amide bonds. The van der Waals surface area contributed by atoms with Gasteiger partial charge in [-0.1, -0.05) is 12.1 Å². The standard InChI is InChI=1S/C20H17F3N4O3/c1-11(24-25-18(29)15-5-3-4-6-16(15)28)17-12(2)26-27(19(17)30)14-9-7-13(8-10-14)20(21,22)23/h3-10,24,28H,1-2H3,(H,25,29)/b17-11-. The van der Waals surface area contributed by atoms with Gasteiger partial charge in [-0.2, -0.15) is 23.3 Å². The molecule has 7 nitrogen and oxygen atoms in total. The van der Waals surface area contributed by atoms with E-state index in [9.17, 15) is 27.9 Å². The number of phenols is 1. The summed E-state index contributed by atoms with van der Waals surface area (Å²) in [5, 5.41) is 14.8. The summed E-state index contributed by atoms with van der Waals surface area (Å²) in [7, 11) is 0. The van der Waals surface area contributed by atoms with Crippen molar-refractivity contribution in [2.24, 2.45) is 5.10 Å². The van der Waals surface area contributed by atoms with Crippen LogP contribution in [0.15, 0.2) is 64.9 Å². The van der Waals surface area contributed by atoms with E-state index in [1.807, 2.05) is 0 Å². The van der Waals surface area contributed by atoms with Crippen molar-refractivity contribution < 1.29 is 27.9 Å². The fourth-order valence-electron chi connectivity index (χ4n) is 2.85. The molecule has 0 bridgehead atoms. The van der Waals surface area contributed by atoms with Gasteiger partial charge < -0.3 is 10.5 Å². The Morgan fingerprint density at radius 2 is 1.70 bits per heavy atom. The quantitative estimate of drug-likeness (QED) is 0.524. The van der Waals surface area contributed by atoms with Gasteiger partial charge in [-0.05, 0) is 50.2 Å². The molecular weight excluding hydrogens is 401 g/mol. The Labute approximate surface area is 169 Å². The molecule has 0 unspecified atom stereocenters. The van der Waals surface area contributed by atoms with Crippen LogP contribution in [0.2, 0.25) is 0 Å². The number of alkyl halides is 3. The zero-order valence-corrected chi connectivity index (χ0v) is 15.9. The molecule has 0 saturated carbocycles. The summed E-state index contributed by atoms with van der Waals surface area (Å²) < 4.78 is 38.2. The Hall–Kier alpha value is -3.82. The third-order valence-electron chi connectivity index (χ3n) is 4.34. The molecule has 10 heteroatoms. The van der Waals surface area contributed by atoms with Gasteiger partial charge in [0.1, 0.15) is 5.75 Å². The van der Waals surface area contributed by atoms with Crippen LogP contribution in [0.1, 0.15) is 29.8 Å². The van der Waals surface area contributed by atoms with E-state index in [2.05, 4.69) is 16.0 Å². The predicted molar refractivity (Wildman–Crippen MR) is 103 cm³/mol. The monoisotopic (exact) mass is 418 g/mol. The SMILES string of the molecule is CC1=NN(c2ccc(C(F)(F)F)cc2)C(=O)/C1=C(/C)NNC(=O)c1ccccc1O. The minimum Gasteiger partial charge on any atom is -0.507 e. The lowest BCUT2D eigenvalue weighted by Crippen LogP contribution is -2.37. The smallest absolute Gasteiger partial charge is 0.416 e. The number of carbonyl (C=O) groups excluding carboxylic acids is 2. The van der Waals surface area contributed by atoms with E-state index in [1.165, 1.54) is 19.1 Å². The van der Waals surface area contributed by atoms with Gasteiger partial charge in [-0.3, -0.25) is 15.0 Å². The molecule has 1 aliphatic heterocycles. The fraction of sp³-hybridized carbons (Fsp3) is 0.150. The molecule has 2 aromatic carbocycles. The van der Waals surface area contributed by atoms with Crippen molar-refractivity contribution in [3.05, 3.63) is 70.9 Å². The lowest BCUT2D eigenvalue weighted by atomic mass is 10.1. The number of nitrogens with one attached hydrogen (secondary N) is 2. The molecule has 1 aliphatic rings. The van der Waals surface area contributed by atoms with Crippen molar-refractivity contribution in [2.75, 3.05) is 5.01 Å². The molecule has 2 aromatic rings. The Bertz CT molecular complexity index is 1060. The van der Waals surface area contributed by atoms with Crippen LogP contribution in [0.25, 0.3) is 0 Å². The number of hydrazone groups is 1. The summed E-state index contributed by atoms with van der Waals surface area (Å²) in [6.45, 7) is 3.10. The summed E-state index contributed by atoms with van der Waals surface area (Å²) in [5.41, 5.74) is 5.12. The second kappa shape index (κ2) is 7.90. The van der Waals surface area contributed by atoms with E-state index in [1.54, 1.807) is 19.1 Å². The highest BCUT2D eigenvalue weighted by atomic mass is 19.4. The van der Waals surface area contributed by atoms with Crippen molar-refractivity contribution in [3.63, 3.8) is 0 Å². The number of amides is 2. The summed E-state index contributed by atoms with van der Waals surface area (Å²) in [6, 6.07) is 9.99. The Kier molecular flexibility index (Phi) is 5.50.